The molecule has 0 aromatic carbocycles. The monoisotopic (exact) mass is 311 g/mol. The highest BCUT2D eigenvalue weighted by Gasteiger charge is 2.34. The minimum Gasteiger partial charge on any atom is -0.428 e. The molecule has 0 heterocycles. The van der Waals surface area contributed by atoms with Gasteiger partial charge in [0.2, 0.25) is 0 Å². The molecule has 0 rings (SSSR count). The molecule has 0 aliphatic rings. The van der Waals surface area contributed by atoms with Gasteiger partial charge >= 0.3 is 7.48 Å². The van der Waals surface area contributed by atoms with E-state index in [2.05, 4.69) is 43.7 Å². The molecule has 0 aromatic heterocycles. The first-order chi connectivity index (χ1) is 9.67. The minimum atomic E-state index is -0.353. The van der Waals surface area contributed by atoms with E-state index in [-0.39, 0.29) is 10.3 Å². The lowest BCUT2D eigenvalue weighted by Crippen LogP contribution is -2.44. The molecule has 0 spiro atoms. The number of rotatable bonds is 10. The Morgan fingerprint density at radius 1 is 1.38 bits per heavy atom. The Labute approximate surface area is 137 Å². The van der Waals surface area contributed by atoms with Crippen LogP contribution in [0.25, 0.3) is 0 Å². The molecule has 0 aliphatic heterocycles. The fraction of sp³-hybridized carbons (Fsp3) is 0.812. The molecule has 0 aromatic rings. The molecule has 1 N–H and O–H groups in total. The molecule has 5 heteroatoms. The van der Waals surface area contributed by atoms with Crippen LogP contribution in [0.5, 0.6) is 0 Å². The maximum absolute atomic E-state index is 5.92. The van der Waals surface area contributed by atoms with Crippen LogP contribution in [0.15, 0.2) is 16.5 Å². The van der Waals surface area contributed by atoms with Crippen molar-refractivity contribution in [1.29, 1.82) is 0 Å². The summed E-state index contributed by atoms with van der Waals surface area (Å²) in [5.74, 6) is 0. The summed E-state index contributed by atoms with van der Waals surface area (Å²) in [6.45, 7) is 13.3. The summed E-state index contributed by atoms with van der Waals surface area (Å²) in [6, 6.07) is 0.357. The smallest absolute Gasteiger partial charge is 0.332 e. The van der Waals surface area contributed by atoms with Crippen LogP contribution in [0.3, 0.4) is 0 Å². The van der Waals surface area contributed by atoms with Crippen molar-refractivity contribution >= 4 is 26.3 Å². The van der Waals surface area contributed by atoms with Gasteiger partial charge in [0.1, 0.15) is 0 Å². The molecule has 0 bridgehead atoms. The van der Waals surface area contributed by atoms with E-state index in [1.54, 1.807) is 7.48 Å². The molecule has 1 radical (unpaired) electrons. The minimum absolute atomic E-state index is 0.224. The second kappa shape index (κ2) is 9.70. The van der Waals surface area contributed by atoms with Crippen LogP contribution < -0.4 is 5.32 Å². The molecule has 3 nitrogen and oxygen atoms in total. The first-order valence-electron chi connectivity index (χ1n) is 7.75. The Hall–Kier alpha value is -0.255. The first-order valence-corrected chi connectivity index (χ1v) is 8.20. The van der Waals surface area contributed by atoms with E-state index in [1.807, 2.05) is 40.1 Å². The first kappa shape index (κ1) is 20.7. The number of nitrogens with zero attached hydrogens (tertiary/aromatic N) is 1. The second-order valence-electron chi connectivity index (χ2n) is 6.33. The van der Waals surface area contributed by atoms with E-state index in [0.29, 0.717) is 6.04 Å². The maximum Gasteiger partial charge on any atom is 0.332 e. The number of nitrogens with one attached hydrogen (secondary N) is 1. The van der Waals surface area contributed by atoms with Gasteiger partial charge in [0.25, 0.3) is 0 Å². The van der Waals surface area contributed by atoms with Crippen LogP contribution in [0, 0.1) is 0 Å². The van der Waals surface area contributed by atoms with Gasteiger partial charge in [-0.15, -0.1) is 0 Å². The standard InChI is InChI=1S/C16H32BN2OS/c1-8-13(12-19-14(9-2)10-11-18-7)17-20-15(3,4)16(5,6)21/h8,12,14,18,21H,9-11H2,1-7H3/b13-8+,19-12?. The predicted molar refractivity (Wildman–Crippen MR) is 98.9 cm³/mol. The van der Waals surface area contributed by atoms with Gasteiger partial charge in [0.15, 0.2) is 0 Å². The topological polar surface area (TPSA) is 33.6 Å². The quantitative estimate of drug-likeness (QED) is 0.368. The molecule has 1 unspecified atom stereocenters. The van der Waals surface area contributed by atoms with Crippen molar-refractivity contribution in [2.75, 3.05) is 13.6 Å². The van der Waals surface area contributed by atoms with Gasteiger partial charge in [-0.25, -0.2) is 0 Å². The van der Waals surface area contributed by atoms with Crippen molar-refractivity contribution in [3.8, 4) is 0 Å². The fourth-order valence-electron chi connectivity index (χ4n) is 1.42. The highest BCUT2D eigenvalue weighted by atomic mass is 32.1. The molecule has 0 saturated carbocycles. The van der Waals surface area contributed by atoms with Crippen LogP contribution in [0.4, 0.5) is 0 Å². The van der Waals surface area contributed by atoms with Gasteiger partial charge in [0.05, 0.1) is 11.6 Å². The zero-order chi connectivity index (χ0) is 16.5. The summed E-state index contributed by atoms with van der Waals surface area (Å²) >= 11 is 4.60. The summed E-state index contributed by atoms with van der Waals surface area (Å²) in [5, 5.41) is 3.17. The van der Waals surface area contributed by atoms with E-state index in [4.69, 9.17) is 4.65 Å². The molecule has 0 aliphatic carbocycles. The SMILES string of the molecule is C/C=C(/[B]OC(C)(C)C(C)(C)S)C=NC(CC)CCNC. The molecule has 1 atom stereocenters. The third kappa shape index (κ3) is 8.08. The summed E-state index contributed by atoms with van der Waals surface area (Å²) in [5.41, 5.74) is 0.637. The average molecular weight is 311 g/mol. The lowest BCUT2D eigenvalue weighted by Gasteiger charge is -2.38. The van der Waals surface area contributed by atoms with Crippen molar-refractivity contribution in [1.82, 2.24) is 5.32 Å². The Morgan fingerprint density at radius 3 is 2.43 bits per heavy atom. The largest absolute Gasteiger partial charge is 0.428 e. The number of allylic oxidation sites excluding steroid dienone is 2. The summed E-state index contributed by atoms with van der Waals surface area (Å²) in [4.78, 5) is 4.65. The normalized spacial score (nSPS) is 15.5. The maximum atomic E-state index is 5.92. The van der Waals surface area contributed by atoms with E-state index in [9.17, 15) is 0 Å². The van der Waals surface area contributed by atoms with E-state index >= 15 is 0 Å². The summed E-state index contributed by atoms with van der Waals surface area (Å²) in [7, 11) is 3.75. The predicted octanol–water partition coefficient (Wildman–Crippen LogP) is 3.47. The molecule has 0 amide bonds. The van der Waals surface area contributed by atoms with Gasteiger partial charge in [-0.05, 0) is 66.5 Å². The molecular formula is C16H32BN2OS. The Morgan fingerprint density at radius 2 is 2.00 bits per heavy atom. The Kier molecular flexibility index (Phi) is 9.58. The number of hydrogen-bond acceptors (Lipinski definition) is 4. The van der Waals surface area contributed by atoms with Crippen molar-refractivity contribution in [2.24, 2.45) is 4.99 Å². The van der Waals surface area contributed by atoms with Crippen LogP contribution in [-0.4, -0.2) is 43.7 Å². The van der Waals surface area contributed by atoms with Crippen LogP contribution in [-0.2, 0) is 4.65 Å². The van der Waals surface area contributed by atoms with Gasteiger partial charge in [-0.1, -0.05) is 13.0 Å². The summed E-state index contributed by atoms with van der Waals surface area (Å²) < 4.78 is 5.70. The van der Waals surface area contributed by atoms with Crippen molar-refractivity contribution in [3.63, 3.8) is 0 Å². The van der Waals surface area contributed by atoms with E-state index in [0.717, 1.165) is 24.9 Å². The van der Waals surface area contributed by atoms with E-state index in [1.165, 1.54) is 0 Å². The highest BCUT2D eigenvalue weighted by Crippen LogP contribution is 2.30. The zero-order valence-electron chi connectivity index (χ0n) is 14.7. The van der Waals surface area contributed by atoms with Gasteiger partial charge in [-0.2, -0.15) is 12.6 Å². The zero-order valence-corrected chi connectivity index (χ0v) is 15.6. The lowest BCUT2D eigenvalue weighted by atomic mass is 9.83. The second-order valence-corrected chi connectivity index (χ2v) is 7.44. The Balaban J connectivity index is 4.54. The third-order valence-electron chi connectivity index (χ3n) is 3.93. The van der Waals surface area contributed by atoms with Crippen LogP contribution in [0.2, 0.25) is 0 Å². The van der Waals surface area contributed by atoms with Gasteiger partial charge in [-0.3, -0.25) is 4.99 Å². The average Bonchev–Trinajstić information content (AvgIpc) is 2.40. The van der Waals surface area contributed by atoms with Crippen molar-refractivity contribution in [3.05, 3.63) is 11.5 Å². The number of aliphatic imine (C=N–C) groups is 1. The summed E-state index contributed by atoms with van der Waals surface area (Å²) in [6.07, 6.45) is 6.02. The van der Waals surface area contributed by atoms with Crippen molar-refractivity contribution in [2.45, 2.75) is 70.8 Å². The number of thiol groups is 1. The molecule has 0 fully saturated rings. The lowest BCUT2D eigenvalue weighted by molar-refractivity contribution is 0.0848. The van der Waals surface area contributed by atoms with Gasteiger partial charge < -0.3 is 9.97 Å². The number of hydrogen-bond donors (Lipinski definition) is 2. The van der Waals surface area contributed by atoms with Crippen molar-refractivity contribution < 1.29 is 4.65 Å². The Bertz CT molecular complexity index is 349. The van der Waals surface area contributed by atoms with Gasteiger partial charge in [0, 0.05) is 11.0 Å². The fourth-order valence-corrected chi connectivity index (χ4v) is 1.47. The molecule has 21 heavy (non-hydrogen) atoms. The van der Waals surface area contributed by atoms with Crippen LogP contribution >= 0.6 is 12.6 Å². The third-order valence-corrected chi connectivity index (χ3v) is 4.47. The molecule has 121 valence electrons. The van der Waals surface area contributed by atoms with E-state index < -0.39 is 0 Å². The van der Waals surface area contributed by atoms with Crippen LogP contribution in [0.1, 0.15) is 54.4 Å². The highest BCUT2D eigenvalue weighted by molar-refractivity contribution is 7.81. The molecule has 0 saturated heterocycles. The molecular weight excluding hydrogens is 279 g/mol.